The highest BCUT2D eigenvalue weighted by molar-refractivity contribution is 5.91. The molecule has 0 radical (unpaired) electrons. The van der Waals surface area contributed by atoms with E-state index < -0.39 is 0 Å². The summed E-state index contributed by atoms with van der Waals surface area (Å²) in [6, 6.07) is 6.98. The first-order chi connectivity index (χ1) is 12.7. The van der Waals surface area contributed by atoms with E-state index in [0.29, 0.717) is 44.2 Å². The standard InChI is InChI=1S/C18H23N5O3/c1-2-3-6-17(24)19-15-7-8-16(21-20-15)22-9-11-23(12-10-22)18(25)14-5-4-13-26-14/h4-5,7-8,13H,2-3,6,9-12H2,1H3,(H,19,20,24). The topological polar surface area (TPSA) is 91.6 Å². The number of nitrogens with one attached hydrogen (secondary N) is 1. The van der Waals surface area contributed by atoms with Gasteiger partial charge in [0.2, 0.25) is 5.91 Å². The Morgan fingerprint density at radius 2 is 1.96 bits per heavy atom. The molecular formula is C18H23N5O3. The Bertz CT molecular complexity index is 722. The molecule has 0 spiro atoms. The summed E-state index contributed by atoms with van der Waals surface area (Å²) in [5.41, 5.74) is 0. The van der Waals surface area contributed by atoms with Crippen LogP contribution in [0.1, 0.15) is 36.7 Å². The van der Waals surface area contributed by atoms with Gasteiger partial charge in [-0.15, -0.1) is 10.2 Å². The van der Waals surface area contributed by atoms with Gasteiger partial charge in [0.05, 0.1) is 6.26 Å². The molecule has 1 aliphatic rings. The van der Waals surface area contributed by atoms with Gasteiger partial charge in [-0.2, -0.15) is 0 Å². The maximum absolute atomic E-state index is 12.3. The number of piperazine rings is 1. The highest BCUT2D eigenvalue weighted by atomic mass is 16.3. The van der Waals surface area contributed by atoms with Gasteiger partial charge >= 0.3 is 0 Å². The molecule has 0 unspecified atom stereocenters. The summed E-state index contributed by atoms with van der Waals surface area (Å²) in [7, 11) is 0. The average Bonchev–Trinajstić information content (AvgIpc) is 3.21. The summed E-state index contributed by atoms with van der Waals surface area (Å²) in [6.45, 7) is 4.57. The third-order valence-electron chi connectivity index (χ3n) is 4.30. The minimum atomic E-state index is -0.0918. The zero-order valence-electron chi connectivity index (χ0n) is 14.9. The van der Waals surface area contributed by atoms with E-state index >= 15 is 0 Å². The zero-order chi connectivity index (χ0) is 18.4. The number of carbonyl (C=O) groups excluding carboxylic acids is 2. The quantitative estimate of drug-likeness (QED) is 0.852. The Balaban J connectivity index is 1.51. The number of hydrogen-bond donors (Lipinski definition) is 1. The molecule has 2 amide bonds. The molecule has 0 bridgehead atoms. The summed E-state index contributed by atoms with van der Waals surface area (Å²) in [4.78, 5) is 27.8. The normalized spacial score (nSPS) is 14.3. The lowest BCUT2D eigenvalue weighted by Gasteiger charge is -2.34. The molecule has 1 aliphatic heterocycles. The van der Waals surface area contributed by atoms with Gasteiger partial charge in [-0.05, 0) is 30.7 Å². The van der Waals surface area contributed by atoms with Gasteiger partial charge in [-0.3, -0.25) is 9.59 Å². The second kappa shape index (κ2) is 8.46. The second-order valence-corrected chi connectivity index (χ2v) is 6.19. The zero-order valence-corrected chi connectivity index (χ0v) is 14.9. The van der Waals surface area contributed by atoms with Crippen molar-refractivity contribution in [3.8, 4) is 0 Å². The summed E-state index contributed by atoms with van der Waals surface area (Å²) < 4.78 is 5.17. The van der Waals surface area contributed by atoms with Crippen molar-refractivity contribution in [3.63, 3.8) is 0 Å². The fraction of sp³-hybridized carbons (Fsp3) is 0.444. The lowest BCUT2D eigenvalue weighted by Crippen LogP contribution is -2.49. The lowest BCUT2D eigenvalue weighted by atomic mass is 10.2. The minimum Gasteiger partial charge on any atom is -0.459 e. The average molecular weight is 357 g/mol. The Morgan fingerprint density at radius 1 is 1.15 bits per heavy atom. The number of nitrogens with zero attached hydrogens (tertiary/aromatic N) is 4. The molecule has 0 aromatic carbocycles. The number of anilines is 2. The van der Waals surface area contributed by atoms with E-state index in [1.54, 1.807) is 23.1 Å². The van der Waals surface area contributed by atoms with Crippen LogP contribution in [-0.2, 0) is 4.79 Å². The van der Waals surface area contributed by atoms with Crippen LogP contribution in [0, 0.1) is 0 Å². The highest BCUT2D eigenvalue weighted by Crippen LogP contribution is 2.16. The van der Waals surface area contributed by atoms with Gasteiger partial charge in [0.15, 0.2) is 17.4 Å². The third kappa shape index (κ3) is 4.38. The van der Waals surface area contributed by atoms with Crippen LogP contribution < -0.4 is 10.2 Å². The van der Waals surface area contributed by atoms with Gasteiger partial charge in [0.1, 0.15) is 0 Å². The number of unbranched alkanes of at least 4 members (excludes halogenated alkanes) is 1. The summed E-state index contributed by atoms with van der Waals surface area (Å²) in [6.07, 6.45) is 3.83. The molecule has 26 heavy (non-hydrogen) atoms. The van der Waals surface area contributed by atoms with E-state index in [0.717, 1.165) is 18.7 Å². The number of aromatic nitrogens is 2. The van der Waals surface area contributed by atoms with E-state index in [1.165, 1.54) is 6.26 Å². The van der Waals surface area contributed by atoms with Crippen LogP contribution in [0.5, 0.6) is 0 Å². The number of amides is 2. The van der Waals surface area contributed by atoms with Crippen LogP contribution in [0.4, 0.5) is 11.6 Å². The molecule has 0 aliphatic carbocycles. The Labute approximate surface area is 152 Å². The molecule has 0 saturated carbocycles. The number of rotatable bonds is 6. The van der Waals surface area contributed by atoms with E-state index in [-0.39, 0.29) is 11.8 Å². The van der Waals surface area contributed by atoms with Crippen molar-refractivity contribution < 1.29 is 14.0 Å². The van der Waals surface area contributed by atoms with Gasteiger partial charge < -0.3 is 19.5 Å². The molecule has 2 aromatic rings. The smallest absolute Gasteiger partial charge is 0.289 e. The first-order valence-electron chi connectivity index (χ1n) is 8.88. The second-order valence-electron chi connectivity index (χ2n) is 6.19. The first kappa shape index (κ1) is 17.9. The van der Waals surface area contributed by atoms with Gasteiger partial charge in [0.25, 0.3) is 5.91 Å². The third-order valence-corrected chi connectivity index (χ3v) is 4.30. The van der Waals surface area contributed by atoms with Crippen LogP contribution in [-0.4, -0.2) is 53.1 Å². The number of hydrogen-bond acceptors (Lipinski definition) is 6. The van der Waals surface area contributed by atoms with Crippen LogP contribution in [0.15, 0.2) is 34.9 Å². The predicted octanol–water partition coefficient (Wildman–Crippen LogP) is 2.16. The minimum absolute atomic E-state index is 0.0426. The molecule has 8 heteroatoms. The van der Waals surface area contributed by atoms with Crippen molar-refractivity contribution in [3.05, 3.63) is 36.3 Å². The Kier molecular flexibility index (Phi) is 5.83. The van der Waals surface area contributed by atoms with Gasteiger partial charge in [-0.1, -0.05) is 13.3 Å². The van der Waals surface area contributed by atoms with Crippen LogP contribution in [0.25, 0.3) is 0 Å². The van der Waals surface area contributed by atoms with Crippen molar-refractivity contribution in [1.82, 2.24) is 15.1 Å². The predicted molar refractivity (Wildman–Crippen MR) is 97.0 cm³/mol. The van der Waals surface area contributed by atoms with Crippen LogP contribution >= 0.6 is 0 Å². The molecule has 0 atom stereocenters. The van der Waals surface area contributed by atoms with E-state index in [2.05, 4.69) is 20.4 Å². The van der Waals surface area contributed by atoms with Crippen molar-refractivity contribution in [2.75, 3.05) is 36.4 Å². The van der Waals surface area contributed by atoms with E-state index in [9.17, 15) is 9.59 Å². The SMILES string of the molecule is CCCCC(=O)Nc1ccc(N2CCN(C(=O)c3ccco3)CC2)nn1. The molecule has 3 rings (SSSR count). The fourth-order valence-corrected chi connectivity index (χ4v) is 2.80. The van der Waals surface area contributed by atoms with Gasteiger partial charge in [-0.25, -0.2) is 0 Å². The molecule has 3 heterocycles. The molecular weight excluding hydrogens is 334 g/mol. The van der Waals surface area contributed by atoms with Crippen molar-refractivity contribution in [2.45, 2.75) is 26.2 Å². The number of furan rings is 1. The monoisotopic (exact) mass is 357 g/mol. The first-order valence-corrected chi connectivity index (χ1v) is 8.88. The van der Waals surface area contributed by atoms with Crippen molar-refractivity contribution >= 4 is 23.5 Å². The molecule has 2 aromatic heterocycles. The maximum Gasteiger partial charge on any atom is 0.289 e. The molecule has 8 nitrogen and oxygen atoms in total. The molecule has 138 valence electrons. The van der Waals surface area contributed by atoms with Crippen LogP contribution in [0.3, 0.4) is 0 Å². The summed E-state index contributed by atoms with van der Waals surface area (Å²) in [5, 5.41) is 11.0. The fourth-order valence-electron chi connectivity index (χ4n) is 2.80. The van der Waals surface area contributed by atoms with Crippen LogP contribution in [0.2, 0.25) is 0 Å². The Morgan fingerprint density at radius 3 is 2.58 bits per heavy atom. The molecule has 1 N–H and O–H groups in total. The maximum atomic E-state index is 12.3. The molecule has 1 saturated heterocycles. The Hall–Kier alpha value is -2.90. The largest absolute Gasteiger partial charge is 0.459 e. The van der Waals surface area contributed by atoms with Crippen molar-refractivity contribution in [1.29, 1.82) is 0 Å². The van der Waals surface area contributed by atoms with Crippen molar-refractivity contribution in [2.24, 2.45) is 0 Å². The van der Waals surface area contributed by atoms with E-state index in [1.807, 2.05) is 13.0 Å². The summed E-state index contributed by atoms with van der Waals surface area (Å²) in [5.74, 6) is 1.43. The van der Waals surface area contributed by atoms with E-state index in [4.69, 9.17) is 4.42 Å². The lowest BCUT2D eigenvalue weighted by molar-refractivity contribution is -0.116. The molecule has 1 fully saturated rings. The summed E-state index contributed by atoms with van der Waals surface area (Å²) >= 11 is 0. The number of carbonyl (C=O) groups is 2. The van der Waals surface area contributed by atoms with Gasteiger partial charge in [0, 0.05) is 32.6 Å². The highest BCUT2D eigenvalue weighted by Gasteiger charge is 2.24.